The number of aromatic nitrogens is 1. The largest absolute Gasteiger partial charge is 0.497 e. The summed E-state index contributed by atoms with van der Waals surface area (Å²) in [6.45, 7) is 0.407. The zero-order valence-corrected chi connectivity index (χ0v) is 28.0. The van der Waals surface area contributed by atoms with Gasteiger partial charge in [-0.05, 0) is 95.9 Å². The highest BCUT2D eigenvalue weighted by Crippen LogP contribution is 2.38. The number of fused-ring (bicyclic) bond motifs is 3. The summed E-state index contributed by atoms with van der Waals surface area (Å²) >= 11 is 0. The van der Waals surface area contributed by atoms with Crippen LogP contribution in [0.4, 0.5) is 17.1 Å². The fourth-order valence-corrected chi connectivity index (χ4v) is 7.49. The van der Waals surface area contributed by atoms with Crippen LogP contribution in [0.2, 0.25) is 0 Å². The SMILES string of the molecule is COc1ccc(N(c2ccc(OC)cc2)c2ccc(-c3ccc4c5ccccc5n(CCC(c5ccccc5)S(=O)(=O)O)c4c3)cc2)cc1. The molecule has 1 atom stereocenters. The van der Waals surface area contributed by atoms with E-state index < -0.39 is 15.4 Å². The minimum atomic E-state index is -4.32. The van der Waals surface area contributed by atoms with E-state index in [4.69, 9.17) is 9.47 Å². The predicted molar refractivity (Wildman–Crippen MR) is 198 cm³/mol. The number of aryl methyl sites for hydroxylation is 1. The normalized spacial score (nSPS) is 12.2. The molecule has 0 bridgehead atoms. The predicted octanol–water partition coefficient (Wildman–Crippen LogP) is 9.97. The number of nitrogens with zero attached hydrogens (tertiary/aromatic N) is 2. The molecule has 1 heterocycles. The van der Waals surface area contributed by atoms with Crippen molar-refractivity contribution in [3.05, 3.63) is 151 Å². The molecule has 7 rings (SSSR count). The van der Waals surface area contributed by atoms with Gasteiger partial charge in [0.25, 0.3) is 10.1 Å². The molecule has 6 aromatic carbocycles. The van der Waals surface area contributed by atoms with Gasteiger partial charge in [0.1, 0.15) is 16.7 Å². The lowest BCUT2D eigenvalue weighted by molar-refractivity contribution is 0.415. The van der Waals surface area contributed by atoms with Gasteiger partial charge in [-0.15, -0.1) is 0 Å². The number of hydrogen-bond donors (Lipinski definition) is 1. The molecule has 7 aromatic rings. The van der Waals surface area contributed by atoms with Crippen LogP contribution in [0.1, 0.15) is 17.2 Å². The molecule has 7 nitrogen and oxygen atoms in total. The fraction of sp³-hybridized carbons (Fsp3) is 0.122. The molecule has 0 radical (unpaired) electrons. The number of hydrogen-bond acceptors (Lipinski definition) is 5. The molecule has 0 spiro atoms. The van der Waals surface area contributed by atoms with E-state index in [1.54, 1.807) is 38.5 Å². The Labute approximate surface area is 286 Å². The summed E-state index contributed by atoms with van der Waals surface area (Å²) in [5.41, 5.74) is 7.65. The van der Waals surface area contributed by atoms with E-state index >= 15 is 0 Å². The van der Waals surface area contributed by atoms with Crippen molar-refractivity contribution in [1.29, 1.82) is 0 Å². The minimum Gasteiger partial charge on any atom is -0.497 e. The fourth-order valence-electron chi connectivity index (χ4n) is 6.58. The molecule has 0 aliphatic carbocycles. The van der Waals surface area contributed by atoms with Crippen LogP contribution in [0.25, 0.3) is 32.9 Å². The summed E-state index contributed by atoms with van der Waals surface area (Å²) < 4.78 is 48.2. The first-order valence-corrected chi connectivity index (χ1v) is 17.6. The molecule has 1 unspecified atom stereocenters. The van der Waals surface area contributed by atoms with Crippen molar-refractivity contribution in [2.24, 2.45) is 0 Å². The Morgan fingerprint density at radius 1 is 0.612 bits per heavy atom. The second kappa shape index (κ2) is 13.5. The number of benzene rings is 6. The summed E-state index contributed by atoms with van der Waals surface area (Å²) in [7, 11) is -0.998. The average molecular weight is 669 g/mol. The van der Waals surface area contributed by atoms with E-state index in [1.165, 1.54) is 0 Å². The quantitative estimate of drug-likeness (QED) is 0.138. The maximum atomic E-state index is 12.5. The lowest BCUT2D eigenvalue weighted by Gasteiger charge is -2.26. The van der Waals surface area contributed by atoms with E-state index in [2.05, 4.69) is 64.1 Å². The first-order valence-electron chi connectivity index (χ1n) is 16.0. The van der Waals surface area contributed by atoms with Crippen LogP contribution < -0.4 is 14.4 Å². The van der Waals surface area contributed by atoms with Crippen molar-refractivity contribution < 1.29 is 22.4 Å². The Morgan fingerprint density at radius 2 is 1.12 bits per heavy atom. The Hall–Kier alpha value is -5.57. The van der Waals surface area contributed by atoms with Gasteiger partial charge in [-0.25, -0.2) is 0 Å². The van der Waals surface area contributed by atoms with Gasteiger partial charge in [0, 0.05) is 45.4 Å². The van der Waals surface area contributed by atoms with Gasteiger partial charge < -0.3 is 18.9 Å². The number of methoxy groups -OCH3 is 2. The summed E-state index contributed by atoms with van der Waals surface area (Å²) in [6.07, 6.45) is 0.224. The number of anilines is 3. The van der Waals surface area contributed by atoms with Gasteiger partial charge in [-0.2, -0.15) is 8.42 Å². The molecular formula is C41H36N2O5S. The van der Waals surface area contributed by atoms with E-state index in [-0.39, 0.29) is 6.42 Å². The number of ether oxygens (including phenoxy) is 2. The Balaban J connectivity index is 1.25. The van der Waals surface area contributed by atoms with Crippen molar-refractivity contribution in [3.8, 4) is 22.6 Å². The summed E-state index contributed by atoms with van der Waals surface area (Å²) in [4.78, 5) is 2.18. The van der Waals surface area contributed by atoms with Crippen LogP contribution >= 0.6 is 0 Å². The Morgan fingerprint density at radius 3 is 1.69 bits per heavy atom. The zero-order valence-electron chi connectivity index (χ0n) is 27.2. The zero-order chi connectivity index (χ0) is 34.0. The van der Waals surface area contributed by atoms with Crippen molar-refractivity contribution in [2.75, 3.05) is 19.1 Å². The summed E-state index contributed by atoms with van der Waals surface area (Å²) in [5.74, 6) is 1.57. The Kier molecular flexibility index (Phi) is 8.82. The smallest absolute Gasteiger partial charge is 0.272 e. The lowest BCUT2D eigenvalue weighted by Crippen LogP contribution is -2.15. The molecule has 8 heteroatoms. The lowest BCUT2D eigenvalue weighted by atomic mass is 10.0. The van der Waals surface area contributed by atoms with Crippen LogP contribution in [0.5, 0.6) is 11.5 Å². The highest BCUT2D eigenvalue weighted by molar-refractivity contribution is 7.86. The summed E-state index contributed by atoms with van der Waals surface area (Å²) in [6, 6.07) is 47.9. The van der Waals surface area contributed by atoms with Gasteiger partial charge in [-0.3, -0.25) is 4.55 Å². The highest BCUT2D eigenvalue weighted by Gasteiger charge is 2.25. The van der Waals surface area contributed by atoms with Gasteiger partial charge in [0.15, 0.2) is 0 Å². The first-order chi connectivity index (χ1) is 23.8. The third kappa shape index (κ3) is 6.48. The second-order valence-electron chi connectivity index (χ2n) is 11.9. The van der Waals surface area contributed by atoms with Crippen molar-refractivity contribution in [3.63, 3.8) is 0 Å². The maximum absolute atomic E-state index is 12.5. The maximum Gasteiger partial charge on any atom is 0.272 e. The van der Waals surface area contributed by atoms with E-state index in [9.17, 15) is 13.0 Å². The molecule has 0 saturated carbocycles. The van der Waals surface area contributed by atoms with E-state index in [1.807, 2.05) is 66.7 Å². The van der Waals surface area contributed by atoms with Crippen LogP contribution in [-0.2, 0) is 16.7 Å². The molecule has 0 fully saturated rings. The molecule has 0 aliphatic rings. The number of rotatable bonds is 11. The van der Waals surface area contributed by atoms with Crippen LogP contribution in [0.3, 0.4) is 0 Å². The summed E-state index contributed by atoms with van der Waals surface area (Å²) in [5, 5.41) is 1.15. The van der Waals surface area contributed by atoms with Gasteiger partial charge >= 0.3 is 0 Å². The van der Waals surface area contributed by atoms with Gasteiger partial charge in [0.2, 0.25) is 0 Å². The topological polar surface area (TPSA) is 81.0 Å². The molecule has 0 aliphatic heterocycles. The monoisotopic (exact) mass is 668 g/mol. The van der Waals surface area contributed by atoms with Gasteiger partial charge in [0.05, 0.1) is 14.2 Å². The molecule has 1 N–H and O–H groups in total. The second-order valence-corrected chi connectivity index (χ2v) is 13.5. The molecule has 49 heavy (non-hydrogen) atoms. The van der Waals surface area contributed by atoms with Gasteiger partial charge in [-0.1, -0.05) is 72.8 Å². The molecule has 0 amide bonds. The van der Waals surface area contributed by atoms with Crippen molar-refractivity contribution >= 4 is 49.0 Å². The van der Waals surface area contributed by atoms with Crippen molar-refractivity contribution in [2.45, 2.75) is 18.2 Å². The van der Waals surface area contributed by atoms with Crippen molar-refractivity contribution in [1.82, 2.24) is 4.57 Å². The van der Waals surface area contributed by atoms with Crippen LogP contribution in [0, 0.1) is 0 Å². The Bertz CT molecular complexity index is 2270. The first kappa shape index (κ1) is 32.0. The van der Waals surface area contributed by atoms with Crippen LogP contribution in [0.15, 0.2) is 146 Å². The van der Waals surface area contributed by atoms with E-state index in [0.717, 1.165) is 61.5 Å². The molecule has 1 aromatic heterocycles. The molecule has 246 valence electrons. The van der Waals surface area contributed by atoms with Crippen LogP contribution in [-0.4, -0.2) is 31.8 Å². The average Bonchev–Trinajstić information content (AvgIpc) is 3.45. The number of para-hydroxylation sites is 1. The third-order valence-corrected chi connectivity index (χ3v) is 10.3. The van der Waals surface area contributed by atoms with E-state index in [0.29, 0.717) is 12.1 Å². The standard InChI is InChI=1S/C41H36N2O5S/c1-47-35-21-17-33(18-22-35)43(34-19-23-36(48-2)24-20-34)32-15-12-29(13-16-32)31-14-25-38-37-10-6-7-11-39(37)42(40(38)28-31)27-26-41(49(44,45)46)30-8-4-3-5-9-30/h3-25,28,41H,26-27H2,1-2H3,(H,44,45,46). The molecule has 0 saturated heterocycles. The minimum absolute atomic E-state index is 0.224. The highest BCUT2D eigenvalue weighted by atomic mass is 32.2. The third-order valence-electron chi connectivity index (χ3n) is 9.04. The molecular weight excluding hydrogens is 633 g/mol.